The van der Waals surface area contributed by atoms with Gasteiger partial charge in [0, 0.05) is 79.1 Å². The van der Waals surface area contributed by atoms with Crippen LogP contribution in [0.15, 0.2) is 121 Å². The highest BCUT2D eigenvalue weighted by molar-refractivity contribution is 6.12. The second-order valence-corrected chi connectivity index (χ2v) is 25.6. The van der Waals surface area contributed by atoms with Crippen LogP contribution in [0, 0.1) is 45.3 Å². The van der Waals surface area contributed by atoms with Crippen molar-refractivity contribution in [1.82, 2.24) is 19.9 Å². The predicted molar refractivity (Wildman–Crippen MR) is 323 cm³/mol. The average Bonchev–Trinajstić information content (AvgIpc) is 4.32. The van der Waals surface area contributed by atoms with E-state index in [-0.39, 0.29) is 69.0 Å². The number of carbonyl (C=O) groups is 4. The van der Waals surface area contributed by atoms with E-state index in [9.17, 15) is 19.2 Å². The van der Waals surface area contributed by atoms with Crippen LogP contribution >= 0.6 is 0 Å². The van der Waals surface area contributed by atoms with Gasteiger partial charge in [0.25, 0.3) is 0 Å². The van der Waals surface area contributed by atoms with Gasteiger partial charge in [0.05, 0.1) is 45.5 Å². The highest BCUT2D eigenvalue weighted by Gasteiger charge is 2.53. The minimum atomic E-state index is -0.164. The fourth-order valence-electron chi connectivity index (χ4n) is 12.1. The summed E-state index contributed by atoms with van der Waals surface area (Å²) in [6.45, 7) is 16.9. The van der Waals surface area contributed by atoms with E-state index in [1.54, 1.807) is 0 Å². The van der Waals surface area contributed by atoms with Gasteiger partial charge in [-0.25, -0.2) is 9.97 Å². The van der Waals surface area contributed by atoms with Gasteiger partial charge >= 0.3 is 0 Å². The number of aromatic amines is 2. The van der Waals surface area contributed by atoms with Crippen LogP contribution in [0.3, 0.4) is 0 Å². The topological polar surface area (TPSA) is 174 Å². The summed E-state index contributed by atoms with van der Waals surface area (Å²) in [6.07, 6.45) is 11.2. The highest BCUT2D eigenvalue weighted by Crippen LogP contribution is 2.56. The molecule has 4 atom stereocenters. The molecule has 4 saturated carbocycles. The molecule has 12 nitrogen and oxygen atoms in total. The summed E-state index contributed by atoms with van der Waals surface area (Å²) in [5, 5.41) is 13.3. The van der Waals surface area contributed by atoms with E-state index in [4.69, 9.17) is 9.97 Å². The van der Waals surface area contributed by atoms with Gasteiger partial charge in [-0.3, -0.25) is 19.2 Å². The molecule has 0 unspecified atom stereocenters. The Balaban J connectivity index is 1.12. The van der Waals surface area contributed by atoms with Gasteiger partial charge in [-0.05, 0) is 131 Å². The summed E-state index contributed by atoms with van der Waals surface area (Å²) in [7, 11) is 0. The summed E-state index contributed by atoms with van der Waals surface area (Å²) < 4.78 is 0. The van der Waals surface area contributed by atoms with E-state index in [2.05, 4.69) is 111 Å². The first kappa shape index (κ1) is 50.8. The molecule has 3 aromatic heterocycles. The maximum atomic E-state index is 14.2. The van der Waals surface area contributed by atoms with Gasteiger partial charge in [-0.15, -0.1) is 0 Å². The van der Waals surface area contributed by atoms with E-state index in [0.29, 0.717) is 78.8 Å². The smallest absolute Gasteiger partial charge is 0.228 e. The summed E-state index contributed by atoms with van der Waals surface area (Å²) in [4.78, 5) is 75.8. The number of H-pyrrole nitrogens is 2. The predicted octanol–water partition coefficient (Wildman–Crippen LogP) is 15.3. The molecular weight excluding hydrogens is 993 g/mol. The molecule has 6 N–H and O–H groups in total. The van der Waals surface area contributed by atoms with Crippen molar-refractivity contribution in [2.75, 3.05) is 21.3 Å². The lowest BCUT2D eigenvalue weighted by Crippen LogP contribution is -2.19. The Bertz CT molecular complexity index is 3660. The first-order valence-electron chi connectivity index (χ1n) is 28.0. The van der Waals surface area contributed by atoms with Gasteiger partial charge in [0.1, 0.15) is 0 Å². The molecule has 0 radical (unpaired) electrons. The maximum absolute atomic E-state index is 14.2. The minimum Gasteiger partial charge on any atom is -0.354 e. The molecule has 4 aromatic carbocycles. The Kier molecular flexibility index (Phi) is 11.7. The first-order valence-corrected chi connectivity index (χ1v) is 28.0. The Morgan fingerprint density at radius 1 is 0.350 bits per heavy atom. The van der Waals surface area contributed by atoms with Gasteiger partial charge in [0.2, 0.25) is 23.6 Å². The Morgan fingerprint density at radius 3 is 0.863 bits per heavy atom. The SMILES string of the molecule is CC1(C)C[C@@H]1C(=O)Nc1cccc(NC(=O)[C@@H]2CC2(C)C)c1-c1c2nc(c(-c3ccccc3)c3ccc([nH]3)c(-c3c(NC(=O)[C@H]4CC4(C)C)cccc3NC(=O)[C@@H]3CC3(C)C)c3nc(c(-c4ccccc4)c4ccc1[nH]4)C=C3)C=C2. The second kappa shape index (κ2) is 18.5. The number of hydrogen-bond donors (Lipinski definition) is 6. The lowest BCUT2D eigenvalue weighted by molar-refractivity contribution is -0.118. The molecule has 8 bridgehead atoms. The zero-order chi connectivity index (χ0) is 55.6. The monoisotopic (exact) mass is 1060 g/mol. The molecule has 12 heteroatoms. The summed E-state index contributed by atoms with van der Waals surface area (Å²) >= 11 is 0. The standard InChI is InChI=1S/C68H66N8O4/c1-65(2)33-39(65)61(77)73-43-21-15-22-44(74-62(78)40-34-66(40,3)4)57(43)59-51-29-25-47(69-51)55(37-17-11-9-12-18-37)49-27-31-53(71-49)60(54-32-28-50(72-54)56(38-19-13-10-14-20-38)48-26-30-52(59)70-48)58-45(75-63(79)41-35-67(41,5)6)23-16-24-46(58)76-64(80)42-36-68(42,7)8/h9-32,39-42,69,72H,33-36H2,1-8H3,(H,73,77)(H,74,78)(H,75,79)(H,76,80)/t39-,40+,41-,42+. The van der Waals surface area contributed by atoms with Gasteiger partial charge < -0.3 is 31.2 Å². The number of nitrogens with zero attached hydrogens (tertiary/aromatic N) is 2. The third kappa shape index (κ3) is 9.23. The fourth-order valence-corrected chi connectivity index (χ4v) is 12.1. The summed E-state index contributed by atoms with van der Waals surface area (Å²) in [5.41, 5.74) is 13.3. The lowest BCUT2D eigenvalue weighted by Gasteiger charge is -2.18. The summed E-state index contributed by atoms with van der Waals surface area (Å²) in [6, 6.07) is 39.8. The molecule has 0 saturated heterocycles. The van der Waals surface area contributed by atoms with E-state index < -0.39 is 0 Å². The van der Waals surface area contributed by atoms with Crippen LogP contribution in [0.4, 0.5) is 22.7 Å². The third-order valence-corrected chi connectivity index (χ3v) is 17.9. The molecular formula is C68H66N8O4. The Morgan fingerprint density at radius 2 is 0.600 bits per heavy atom. The molecule has 13 rings (SSSR count). The molecule has 4 fully saturated rings. The molecule has 6 aliphatic rings. The number of rotatable bonds is 12. The number of nitrogens with one attached hydrogen (secondary N) is 6. The molecule has 80 heavy (non-hydrogen) atoms. The zero-order valence-electron chi connectivity index (χ0n) is 46.5. The number of carbonyl (C=O) groups excluding carboxylic acids is 4. The van der Waals surface area contributed by atoms with Crippen molar-refractivity contribution < 1.29 is 19.2 Å². The van der Waals surface area contributed by atoms with Crippen LogP contribution in [-0.2, 0) is 19.2 Å². The number of benzene rings is 4. The second-order valence-electron chi connectivity index (χ2n) is 25.6. The van der Waals surface area contributed by atoms with Crippen LogP contribution in [0.1, 0.15) is 104 Å². The Labute approximate surface area is 466 Å². The molecule has 402 valence electrons. The normalized spacial score (nSPS) is 20.8. The quantitative estimate of drug-likeness (QED) is 0.0710. The molecule has 4 amide bonds. The molecule has 5 heterocycles. The molecule has 4 aliphatic carbocycles. The van der Waals surface area contributed by atoms with E-state index in [0.717, 1.165) is 59.0 Å². The number of aromatic nitrogens is 4. The average molecular weight is 1060 g/mol. The van der Waals surface area contributed by atoms with E-state index in [1.165, 1.54) is 0 Å². The number of fused-ring (bicyclic) bond motifs is 8. The fraction of sp³-hybridized carbons (Fsp3) is 0.294. The molecule has 2 aliphatic heterocycles. The van der Waals surface area contributed by atoms with Crippen LogP contribution in [0.25, 0.3) is 90.9 Å². The zero-order valence-corrected chi connectivity index (χ0v) is 46.5. The third-order valence-electron chi connectivity index (χ3n) is 17.9. The maximum Gasteiger partial charge on any atom is 0.228 e. The van der Waals surface area contributed by atoms with Crippen molar-refractivity contribution in [1.29, 1.82) is 0 Å². The van der Waals surface area contributed by atoms with Crippen LogP contribution in [-0.4, -0.2) is 43.6 Å². The number of amides is 4. The van der Waals surface area contributed by atoms with Gasteiger partial charge in [-0.2, -0.15) is 0 Å². The highest BCUT2D eigenvalue weighted by atomic mass is 16.2. The van der Waals surface area contributed by atoms with Crippen molar-refractivity contribution in [2.24, 2.45) is 45.3 Å². The van der Waals surface area contributed by atoms with Gasteiger partial charge in [0.15, 0.2) is 0 Å². The van der Waals surface area contributed by atoms with Crippen LogP contribution < -0.4 is 21.3 Å². The largest absolute Gasteiger partial charge is 0.354 e. The Hall–Kier alpha value is -8.64. The lowest BCUT2D eigenvalue weighted by atomic mass is 9.98. The number of anilines is 4. The first-order chi connectivity index (χ1) is 38.2. The summed E-state index contributed by atoms with van der Waals surface area (Å²) in [5.74, 6) is -0.953. The minimum absolute atomic E-state index is 0.0744. The van der Waals surface area contributed by atoms with Crippen LogP contribution in [0.2, 0.25) is 0 Å². The van der Waals surface area contributed by atoms with Crippen LogP contribution in [0.5, 0.6) is 0 Å². The van der Waals surface area contributed by atoms with Crippen molar-refractivity contribution in [3.05, 3.63) is 144 Å². The van der Waals surface area contributed by atoms with Crippen molar-refractivity contribution in [3.63, 3.8) is 0 Å². The van der Waals surface area contributed by atoms with Crippen molar-refractivity contribution in [2.45, 2.75) is 81.1 Å². The molecule has 0 spiro atoms. The number of hydrogen-bond acceptors (Lipinski definition) is 6. The van der Waals surface area contributed by atoms with E-state index in [1.807, 2.05) is 121 Å². The van der Waals surface area contributed by atoms with E-state index >= 15 is 0 Å². The van der Waals surface area contributed by atoms with Gasteiger partial charge in [-0.1, -0.05) is 128 Å². The van der Waals surface area contributed by atoms with Crippen molar-refractivity contribution >= 4 is 92.7 Å². The molecule has 7 aromatic rings. The van der Waals surface area contributed by atoms with Crippen molar-refractivity contribution in [3.8, 4) is 44.5 Å².